The monoisotopic (exact) mass is 1090 g/mol. The average Bonchev–Trinajstić information content (AvgIpc) is 3.43. The zero-order valence-electron chi connectivity index (χ0n) is 52.7. The molecule has 0 aromatic heterocycles. The van der Waals surface area contributed by atoms with Crippen LogP contribution in [-0.2, 0) is 14.3 Å². The van der Waals surface area contributed by atoms with Crippen LogP contribution in [0.5, 0.6) is 0 Å². The van der Waals surface area contributed by atoms with E-state index in [2.05, 4.69) is 19.2 Å². The van der Waals surface area contributed by atoms with E-state index in [1.807, 2.05) is 0 Å². The molecule has 0 saturated heterocycles. The summed E-state index contributed by atoms with van der Waals surface area (Å²) < 4.78 is 5.49. The SMILES string of the molecule is CCCCCCCCCCCCCCCCCCCC(O)C(CO)NC(=O)CCCCCCCCCCCCCCCCCCCCCCCCCCCCCCCCOC(=O)CCCCCCCCCCCCCCC. The Kier molecular flexibility index (Phi) is 66.4. The summed E-state index contributed by atoms with van der Waals surface area (Å²) in [4.78, 5) is 24.6. The molecule has 2 atom stereocenters. The van der Waals surface area contributed by atoms with Crippen molar-refractivity contribution in [3.05, 3.63) is 0 Å². The van der Waals surface area contributed by atoms with E-state index in [9.17, 15) is 19.8 Å². The van der Waals surface area contributed by atoms with Gasteiger partial charge in [-0.25, -0.2) is 0 Å². The van der Waals surface area contributed by atoms with Gasteiger partial charge in [-0.15, -0.1) is 0 Å². The molecule has 0 rings (SSSR count). The summed E-state index contributed by atoms with van der Waals surface area (Å²) in [6, 6.07) is -0.537. The van der Waals surface area contributed by atoms with Crippen LogP contribution in [0.15, 0.2) is 0 Å². The number of amides is 1. The molecule has 77 heavy (non-hydrogen) atoms. The van der Waals surface area contributed by atoms with Crippen LogP contribution in [0, 0.1) is 0 Å². The van der Waals surface area contributed by atoms with E-state index in [1.165, 1.54) is 347 Å². The maximum Gasteiger partial charge on any atom is 0.305 e. The number of ether oxygens (including phenoxy) is 1. The highest BCUT2D eigenvalue weighted by Crippen LogP contribution is 2.20. The molecule has 0 spiro atoms. The average molecular weight is 1090 g/mol. The second-order valence-corrected chi connectivity index (χ2v) is 24.9. The molecule has 0 radical (unpaired) electrons. The van der Waals surface area contributed by atoms with Gasteiger partial charge in [0.2, 0.25) is 5.91 Å². The Morgan fingerprint density at radius 1 is 0.312 bits per heavy atom. The first-order valence-corrected chi connectivity index (χ1v) is 35.8. The molecule has 0 aliphatic rings. The van der Waals surface area contributed by atoms with Crippen LogP contribution >= 0.6 is 0 Å². The van der Waals surface area contributed by atoms with Gasteiger partial charge in [-0.05, 0) is 25.7 Å². The molecule has 3 N–H and O–H groups in total. The van der Waals surface area contributed by atoms with Gasteiger partial charge >= 0.3 is 5.97 Å². The normalized spacial score (nSPS) is 12.4. The predicted molar refractivity (Wildman–Crippen MR) is 338 cm³/mol. The summed E-state index contributed by atoms with van der Waals surface area (Å²) in [5.74, 6) is -0.00368. The Labute approximate surface area is 483 Å². The summed E-state index contributed by atoms with van der Waals surface area (Å²) >= 11 is 0. The maximum atomic E-state index is 12.5. The standard InChI is InChI=1S/C71H141NO5/c1-3-5-7-9-11-13-15-17-18-33-36-40-43-47-51-55-59-63-69(74)68(67-73)72-70(75)64-60-56-52-48-44-41-37-34-31-29-27-25-23-21-19-20-22-24-26-28-30-32-35-38-42-46-50-54-58-62-66-77-71(76)65-61-57-53-49-45-39-16-14-12-10-8-6-4-2/h68-69,73-74H,3-67H2,1-2H3,(H,72,75). The summed E-state index contributed by atoms with van der Waals surface area (Å²) in [7, 11) is 0. The van der Waals surface area contributed by atoms with Crippen molar-refractivity contribution in [2.45, 2.75) is 431 Å². The van der Waals surface area contributed by atoms with E-state index in [4.69, 9.17) is 4.74 Å². The number of hydrogen-bond donors (Lipinski definition) is 3. The summed E-state index contributed by atoms with van der Waals surface area (Å²) in [6.07, 6.45) is 81.6. The molecular formula is C71H141NO5. The number of hydrogen-bond acceptors (Lipinski definition) is 5. The van der Waals surface area contributed by atoms with Gasteiger partial charge in [0.1, 0.15) is 0 Å². The molecule has 0 aromatic rings. The quantitative estimate of drug-likeness (QED) is 0.0417. The van der Waals surface area contributed by atoms with Gasteiger partial charge in [0.15, 0.2) is 0 Å². The molecule has 0 bridgehead atoms. The second kappa shape index (κ2) is 67.4. The van der Waals surface area contributed by atoms with E-state index in [0.29, 0.717) is 25.9 Å². The van der Waals surface area contributed by atoms with Crippen molar-refractivity contribution in [1.82, 2.24) is 5.32 Å². The molecule has 1 amide bonds. The number of carbonyl (C=O) groups excluding carboxylic acids is 2. The topological polar surface area (TPSA) is 95.9 Å². The van der Waals surface area contributed by atoms with Gasteiger partial charge in [0.25, 0.3) is 0 Å². The number of rotatable bonds is 68. The van der Waals surface area contributed by atoms with E-state index in [1.54, 1.807) is 0 Å². The van der Waals surface area contributed by atoms with Crippen LogP contribution in [-0.4, -0.2) is 47.4 Å². The maximum absolute atomic E-state index is 12.5. The van der Waals surface area contributed by atoms with Gasteiger partial charge in [0.05, 0.1) is 25.4 Å². The molecule has 0 aliphatic heterocycles. The third kappa shape index (κ3) is 63.9. The number of unbranched alkanes of at least 4 members (excludes halogenated alkanes) is 57. The Morgan fingerprint density at radius 3 is 0.792 bits per heavy atom. The van der Waals surface area contributed by atoms with Crippen molar-refractivity contribution < 1.29 is 24.5 Å². The van der Waals surface area contributed by atoms with Crippen LogP contribution in [0.2, 0.25) is 0 Å². The molecule has 6 nitrogen and oxygen atoms in total. The first-order chi connectivity index (χ1) is 38.0. The molecule has 0 aliphatic carbocycles. The Balaban J connectivity index is 3.32. The van der Waals surface area contributed by atoms with Gasteiger partial charge < -0.3 is 20.3 Å². The van der Waals surface area contributed by atoms with Crippen LogP contribution in [0.4, 0.5) is 0 Å². The van der Waals surface area contributed by atoms with Gasteiger partial charge in [-0.1, -0.05) is 380 Å². The predicted octanol–water partition coefficient (Wildman–Crippen LogP) is 23.0. The highest BCUT2D eigenvalue weighted by molar-refractivity contribution is 5.76. The van der Waals surface area contributed by atoms with E-state index in [-0.39, 0.29) is 18.5 Å². The fraction of sp³-hybridized carbons (Fsp3) is 0.972. The molecule has 0 aromatic carbocycles. The molecule has 460 valence electrons. The largest absolute Gasteiger partial charge is 0.466 e. The van der Waals surface area contributed by atoms with Crippen LogP contribution in [0.25, 0.3) is 0 Å². The second-order valence-electron chi connectivity index (χ2n) is 24.9. The van der Waals surface area contributed by atoms with E-state index in [0.717, 1.165) is 38.5 Å². The molecular weight excluding hydrogens is 947 g/mol. The minimum Gasteiger partial charge on any atom is -0.466 e. The van der Waals surface area contributed by atoms with Gasteiger partial charge in [-0.3, -0.25) is 9.59 Å². The van der Waals surface area contributed by atoms with Crippen molar-refractivity contribution in [1.29, 1.82) is 0 Å². The van der Waals surface area contributed by atoms with Crippen molar-refractivity contribution in [3.8, 4) is 0 Å². The molecule has 2 unspecified atom stereocenters. The lowest BCUT2D eigenvalue weighted by atomic mass is 10.0. The summed E-state index contributed by atoms with van der Waals surface area (Å²) in [5.41, 5.74) is 0. The van der Waals surface area contributed by atoms with Gasteiger partial charge in [0, 0.05) is 12.8 Å². The smallest absolute Gasteiger partial charge is 0.305 e. The Morgan fingerprint density at radius 2 is 0.532 bits per heavy atom. The Hall–Kier alpha value is -1.14. The molecule has 6 heteroatoms. The molecule has 0 heterocycles. The minimum atomic E-state index is -0.661. The fourth-order valence-electron chi connectivity index (χ4n) is 11.7. The van der Waals surface area contributed by atoms with Crippen molar-refractivity contribution in [2.24, 2.45) is 0 Å². The van der Waals surface area contributed by atoms with E-state index < -0.39 is 12.1 Å². The van der Waals surface area contributed by atoms with Crippen LogP contribution in [0.3, 0.4) is 0 Å². The lowest BCUT2D eigenvalue weighted by Gasteiger charge is -2.22. The van der Waals surface area contributed by atoms with Crippen molar-refractivity contribution in [2.75, 3.05) is 13.2 Å². The van der Waals surface area contributed by atoms with Crippen LogP contribution in [0.1, 0.15) is 418 Å². The third-order valence-corrected chi connectivity index (χ3v) is 17.2. The van der Waals surface area contributed by atoms with Gasteiger partial charge in [-0.2, -0.15) is 0 Å². The molecule has 0 saturated carbocycles. The third-order valence-electron chi connectivity index (χ3n) is 17.2. The highest BCUT2D eigenvalue weighted by atomic mass is 16.5. The zero-order valence-corrected chi connectivity index (χ0v) is 52.7. The number of aliphatic hydroxyl groups excluding tert-OH is 2. The zero-order chi connectivity index (χ0) is 55.7. The lowest BCUT2D eigenvalue weighted by molar-refractivity contribution is -0.143. The fourth-order valence-corrected chi connectivity index (χ4v) is 11.7. The van der Waals surface area contributed by atoms with Crippen molar-refractivity contribution in [3.63, 3.8) is 0 Å². The highest BCUT2D eigenvalue weighted by Gasteiger charge is 2.20. The Bertz CT molecular complexity index is 1120. The molecule has 0 fully saturated rings. The minimum absolute atomic E-state index is 0.0228. The first-order valence-electron chi connectivity index (χ1n) is 35.8. The summed E-state index contributed by atoms with van der Waals surface area (Å²) in [5, 5.41) is 23.4. The van der Waals surface area contributed by atoms with Crippen LogP contribution < -0.4 is 5.32 Å². The van der Waals surface area contributed by atoms with Crippen molar-refractivity contribution >= 4 is 11.9 Å². The van der Waals surface area contributed by atoms with E-state index >= 15 is 0 Å². The number of esters is 1. The number of aliphatic hydroxyl groups is 2. The first kappa shape index (κ1) is 75.9. The summed E-state index contributed by atoms with van der Waals surface area (Å²) in [6.45, 7) is 5.00. The lowest BCUT2D eigenvalue weighted by Crippen LogP contribution is -2.45. The number of nitrogens with one attached hydrogen (secondary N) is 1. The number of carbonyl (C=O) groups is 2.